The van der Waals surface area contributed by atoms with E-state index in [1.807, 2.05) is 48.6 Å². The second kappa shape index (κ2) is 17.5. The molecule has 4 rings (SSSR count). The predicted octanol–water partition coefficient (Wildman–Crippen LogP) is 7.42. The Kier molecular flexibility index (Phi) is 13.8. The third-order valence-corrected chi connectivity index (χ3v) is 12.5. The highest BCUT2D eigenvalue weighted by molar-refractivity contribution is 6.81. The van der Waals surface area contributed by atoms with Gasteiger partial charge in [0.25, 0.3) is 5.69 Å². The summed E-state index contributed by atoms with van der Waals surface area (Å²) in [6.07, 6.45) is 8.56. The van der Waals surface area contributed by atoms with Gasteiger partial charge in [-0.2, -0.15) is 5.23 Å². The summed E-state index contributed by atoms with van der Waals surface area (Å²) < 4.78 is 11.7. The molecule has 1 unspecified atom stereocenters. The molecule has 0 spiro atoms. The minimum Gasteiger partial charge on any atom is -0.595 e. The number of rotatable bonds is 13. The topological polar surface area (TPSA) is 150 Å². The maximum Gasteiger partial charge on any atom is 0.318 e. The molecule has 4 aromatic carbocycles. The van der Waals surface area contributed by atoms with Crippen LogP contribution in [0, 0.1) is 15.3 Å². The minimum absolute atomic E-state index is 0.0804. The molecule has 0 amide bonds. The number of aromatic hydroxyl groups is 1. The standard InChI is InChI=1S/C21H31NO5Si2.C14H11NO3/c1-28(2,27-29(3,4)25)17-5-16-26-21-14-10-19(11-15-21)7-6-18-8-12-20(13-9-18)22(23)24;16-14-9-5-12(6-10-14)2-1-11-3-7-13(8-4-11)15(17)18/h6-15,22-23,25H,5,16-17H2,1-4H3;1-10,16H/b7-6+;2-1+. The molecule has 0 radical (unpaired) electrons. The molecule has 0 saturated heterocycles. The Morgan fingerprint density at radius 3 is 1.60 bits per heavy atom. The lowest BCUT2D eigenvalue weighted by Gasteiger charge is -2.29. The molecule has 0 aliphatic heterocycles. The van der Waals surface area contributed by atoms with E-state index in [0.29, 0.717) is 6.61 Å². The molecule has 0 aliphatic rings. The van der Waals surface area contributed by atoms with Gasteiger partial charge in [0.2, 0.25) is 0 Å². The molecule has 47 heavy (non-hydrogen) atoms. The van der Waals surface area contributed by atoms with E-state index in [2.05, 4.69) is 13.1 Å². The van der Waals surface area contributed by atoms with Crippen LogP contribution in [0.25, 0.3) is 24.3 Å². The molecule has 4 aromatic rings. The van der Waals surface area contributed by atoms with E-state index in [1.165, 1.54) is 12.1 Å². The summed E-state index contributed by atoms with van der Waals surface area (Å²) in [6.45, 7) is 8.50. The van der Waals surface area contributed by atoms with Gasteiger partial charge in [-0.05, 0) is 109 Å². The molecular formula is C35H42N2O8Si2. The Morgan fingerprint density at radius 1 is 0.745 bits per heavy atom. The summed E-state index contributed by atoms with van der Waals surface area (Å²) in [4.78, 5) is 20.0. The van der Waals surface area contributed by atoms with Gasteiger partial charge in [-0.1, -0.05) is 48.6 Å². The Labute approximate surface area is 277 Å². The van der Waals surface area contributed by atoms with Crippen molar-refractivity contribution in [2.75, 3.05) is 6.61 Å². The molecule has 12 heteroatoms. The smallest absolute Gasteiger partial charge is 0.318 e. The number of ether oxygens (including phenoxy) is 1. The molecule has 0 heterocycles. The number of nitro groups is 1. The molecule has 0 bridgehead atoms. The van der Waals surface area contributed by atoms with E-state index in [-0.39, 0.29) is 17.1 Å². The lowest BCUT2D eigenvalue weighted by Crippen LogP contribution is -2.99. The SMILES string of the molecule is C[Si](C)(O)O[Si](C)(C)CCCOc1ccc(/C=C/c2ccc([NH+]([O-])O)cc2)cc1.O=[N+]([O-])c1ccc(/C=C/c2ccc(O)cc2)cc1. The third-order valence-electron chi connectivity index (χ3n) is 6.69. The van der Waals surface area contributed by atoms with Crippen LogP contribution < -0.4 is 9.96 Å². The van der Waals surface area contributed by atoms with Crippen LogP contribution in [0.15, 0.2) is 97.1 Å². The second-order valence-electron chi connectivity index (χ2n) is 11.9. The van der Waals surface area contributed by atoms with E-state index < -0.39 is 27.0 Å². The van der Waals surface area contributed by atoms with Crippen LogP contribution in [0.4, 0.5) is 11.4 Å². The predicted molar refractivity (Wildman–Crippen MR) is 191 cm³/mol. The lowest BCUT2D eigenvalue weighted by atomic mass is 10.1. The Bertz CT molecular complexity index is 1600. The number of nitro benzene ring substituents is 1. The zero-order chi connectivity index (χ0) is 34.5. The first-order valence-corrected chi connectivity index (χ1v) is 21.0. The Morgan fingerprint density at radius 2 is 1.17 bits per heavy atom. The highest BCUT2D eigenvalue weighted by atomic mass is 28.4. The Balaban J connectivity index is 0.000000284. The zero-order valence-electron chi connectivity index (χ0n) is 27.0. The van der Waals surface area contributed by atoms with Crippen LogP contribution in [-0.2, 0) is 4.12 Å². The molecular weight excluding hydrogens is 633 g/mol. The number of hydrogen-bond donors (Lipinski definition) is 4. The summed E-state index contributed by atoms with van der Waals surface area (Å²) in [5, 5.41) is 38.5. The number of benzene rings is 4. The van der Waals surface area contributed by atoms with Crippen LogP contribution >= 0.6 is 0 Å². The van der Waals surface area contributed by atoms with Crippen molar-refractivity contribution >= 4 is 52.6 Å². The first kappa shape index (κ1) is 37.1. The van der Waals surface area contributed by atoms with E-state index in [4.69, 9.17) is 19.2 Å². The second-order valence-corrected chi connectivity index (χ2v) is 19.6. The summed E-state index contributed by atoms with van der Waals surface area (Å²) in [5.41, 5.74) is 4.18. The Hall–Kier alpha value is -4.41. The van der Waals surface area contributed by atoms with Crippen molar-refractivity contribution in [3.8, 4) is 11.5 Å². The molecule has 0 saturated carbocycles. The maximum atomic E-state index is 10.9. The van der Waals surface area contributed by atoms with Crippen LogP contribution in [-0.4, -0.2) is 43.5 Å². The van der Waals surface area contributed by atoms with Gasteiger partial charge < -0.3 is 24.0 Å². The first-order valence-electron chi connectivity index (χ1n) is 15.1. The van der Waals surface area contributed by atoms with Crippen molar-refractivity contribution in [2.24, 2.45) is 0 Å². The number of nitrogens with one attached hydrogen (secondary N) is 1. The van der Waals surface area contributed by atoms with Crippen molar-refractivity contribution in [1.82, 2.24) is 0 Å². The van der Waals surface area contributed by atoms with Crippen LogP contribution in [0.1, 0.15) is 28.7 Å². The van der Waals surface area contributed by atoms with Gasteiger partial charge in [0.15, 0.2) is 14.0 Å². The van der Waals surface area contributed by atoms with Crippen molar-refractivity contribution in [3.05, 3.63) is 135 Å². The normalized spacial score (nSPS) is 12.5. The molecule has 0 fully saturated rings. The van der Waals surface area contributed by atoms with Crippen LogP contribution in [0.3, 0.4) is 0 Å². The maximum absolute atomic E-state index is 10.9. The third kappa shape index (κ3) is 14.3. The number of non-ortho nitro benzene ring substituents is 1. The van der Waals surface area contributed by atoms with Gasteiger partial charge in [-0.15, -0.1) is 0 Å². The van der Waals surface area contributed by atoms with Crippen molar-refractivity contribution < 1.29 is 34.1 Å². The van der Waals surface area contributed by atoms with Crippen molar-refractivity contribution in [2.45, 2.75) is 38.7 Å². The summed E-state index contributed by atoms with van der Waals surface area (Å²) in [5.74, 6) is 1.05. The fourth-order valence-electron chi connectivity index (χ4n) is 4.50. The number of quaternary nitrogens is 1. The molecule has 248 valence electrons. The quantitative estimate of drug-likeness (QED) is 0.0376. The van der Waals surface area contributed by atoms with Gasteiger partial charge >= 0.3 is 8.56 Å². The summed E-state index contributed by atoms with van der Waals surface area (Å²) in [6, 6.07) is 28.7. The van der Waals surface area contributed by atoms with Gasteiger partial charge in [-0.3, -0.25) is 10.1 Å². The van der Waals surface area contributed by atoms with Gasteiger partial charge in [0.1, 0.15) is 11.5 Å². The van der Waals surface area contributed by atoms with Crippen molar-refractivity contribution in [1.29, 1.82) is 0 Å². The first-order chi connectivity index (χ1) is 22.2. The average Bonchev–Trinajstić information content (AvgIpc) is 3.02. The van der Waals surface area contributed by atoms with Crippen LogP contribution in [0.2, 0.25) is 32.2 Å². The van der Waals surface area contributed by atoms with Gasteiger partial charge in [0.05, 0.1) is 11.5 Å². The van der Waals surface area contributed by atoms with Crippen LogP contribution in [0.5, 0.6) is 11.5 Å². The van der Waals surface area contributed by atoms with Gasteiger partial charge in [-0.25, -0.2) is 5.21 Å². The highest BCUT2D eigenvalue weighted by Crippen LogP contribution is 2.20. The molecule has 0 aromatic heterocycles. The van der Waals surface area contributed by atoms with E-state index >= 15 is 0 Å². The number of phenols is 1. The van der Waals surface area contributed by atoms with E-state index in [9.17, 15) is 20.1 Å². The minimum atomic E-state index is -2.48. The lowest BCUT2D eigenvalue weighted by molar-refractivity contribution is -0.991. The van der Waals surface area contributed by atoms with Gasteiger partial charge in [0, 0.05) is 24.3 Å². The number of hydrogen-bond acceptors (Lipinski definition) is 8. The van der Waals surface area contributed by atoms with E-state index in [0.717, 1.165) is 40.5 Å². The summed E-state index contributed by atoms with van der Waals surface area (Å²) in [7, 11) is -4.32. The fraction of sp³-hybridized carbons (Fsp3) is 0.200. The number of phenolic OH excluding ortho intramolecular Hbond substituents is 1. The van der Waals surface area contributed by atoms with E-state index in [1.54, 1.807) is 73.8 Å². The zero-order valence-corrected chi connectivity index (χ0v) is 29.0. The summed E-state index contributed by atoms with van der Waals surface area (Å²) >= 11 is 0. The molecule has 1 atom stereocenters. The average molecular weight is 675 g/mol. The molecule has 10 nitrogen and oxygen atoms in total. The fourth-order valence-corrected chi connectivity index (χ4v) is 11.3. The number of nitrogens with zero attached hydrogens (tertiary/aromatic N) is 1. The van der Waals surface area contributed by atoms with Crippen molar-refractivity contribution in [3.63, 3.8) is 0 Å². The molecule has 0 aliphatic carbocycles. The monoisotopic (exact) mass is 674 g/mol. The molecule has 4 N–H and O–H groups in total. The highest BCUT2D eigenvalue weighted by Gasteiger charge is 2.31. The largest absolute Gasteiger partial charge is 0.595 e.